The molecule has 0 aliphatic carbocycles. The predicted octanol–water partition coefficient (Wildman–Crippen LogP) is 7.54. The molecule has 0 saturated carbocycles. The highest BCUT2D eigenvalue weighted by Gasteiger charge is 2.23. The highest BCUT2D eigenvalue weighted by Crippen LogP contribution is 2.44. The third-order valence-corrected chi connectivity index (χ3v) is 6.59. The molecule has 0 amide bonds. The minimum Gasteiger partial charge on any atom is -0.307 e. The van der Waals surface area contributed by atoms with Gasteiger partial charge in [0.25, 0.3) is 0 Å². The van der Waals surface area contributed by atoms with Crippen LogP contribution >= 0.6 is 15.9 Å². The summed E-state index contributed by atoms with van der Waals surface area (Å²) in [7, 11) is 0. The number of nitrogens with zero attached hydrogens (tertiary/aromatic N) is 2. The van der Waals surface area contributed by atoms with Gasteiger partial charge >= 0.3 is 0 Å². The Morgan fingerprint density at radius 2 is 1.31 bits per heavy atom. The van der Waals surface area contributed by atoms with Crippen molar-refractivity contribution >= 4 is 65.1 Å². The van der Waals surface area contributed by atoms with Crippen LogP contribution < -0.4 is 0 Å². The highest BCUT2D eigenvalue weighted by molar-refractivity contribution is 9.10. The molecule has 0 aliphatic heterocycles. The van der Waals surface area contributed by atoms with Crippen LogP contribution in [-0.4, -0.2) is 8.97 Å². The molecule has 2 nitrogen and oxygen atoms in total. The molecule has 0 N–H and O–H groups in total. The zero-order valence-corrected chi connectivity index (χ0v) is 17.0. The van der Waals surface area contributed by atoms with Gasteiger partial charge in [-0.05, 0) is 42.5 Å². The van der Waals surface area contributed by atoms with Gasteiger partial charge in [-0.1, -0.05) is 64.5 Å². The summed E-state index contributed by atoms with van der Waals surface area (Å²) in [5, 5.41) is 5.20. The summed E-state index contributed by atoms with van der Waals surface area (Å²) in [6.07, 6.45) is 0. The minimum absolute atomic E-state index is 1.10. The quantitative estimate of drug-likeness (QED) is 0.252. The number of pyridine rings is 1. The Kier molecular flexibility index (Phi) is 2.90. The average Bonchev–Trinajstić information content (AvgIpc) is 3.38. The molecule has 0 spiro atoms. The summed E-state index contributed by atoms with van der Waals surface area (Å²) in [6.45, 7) is 0. The van der Waals surface area contributed by atoms with Crippen LogP contribution in [0.1, 0.15) is 0 Å². The summed E-state index contributed by atoms with van der Waals surface area (Å²) in [5.41, 5.74) is 7.53. The Morgan fingerprint density at radius 1 is 0.552 bits per heavy atom. The molecular weight excluding hydrogens is 420 g/mol. The van der Waals surface area contributed by atoms with Crippen molar-refractivity contribution in [2.24, 2.45) is 0 Å². The standard InChI is InChI=1S/C26H15BrN2/c27-16-13-14-22-20(15-16)24-23-12-6-11-21-18-9-4-5-10-19(18)25(29(21)23)26(24)28(22)17-7-2-1-3-8-17/h1-15H. The Balaban J connectivity index is 1.89. The van der Waals surface area contributed by atoms with E-state index in [1.165, 1.54) is 54.8 Å². The third kappa shape index (κ3) is 1.86. The van der Waals surface area contributed by atoms with Crippen molar-refractivity contribution in [3.8, 4) is 5.69 Å². The lowest BCUT2D eigenvalue weighted by Gasteiger charge is -2.07. The molecule has 136 valence electrons. The first-order valence-corrected chi connectivity index (χ1v) is 10.5. The summed E-state index contributed by atoms with van der Waals surface area (Å²) < 4.78 is 5.96. The first kappa shape index (κ1) is 15.6. The Labute approximate surface area is 175 Å². The van der Waals surface area contributed by atoms with Crippen molar-refractivity contribution in [1.29, 1.82) is 0 Å². The van der Waals surface area contributed by atoms with Crippen molar-refractivity contribution in [2.75, 3.05) is 0 Å². The van der Waals surface area contributed by atoms with Crippen molar-refractivity contribution in [2.45, 2.75) is 0 Å². The van der Waals surface area contributed by atoms with Gasteiger partial charge in [0.2, 0.25) is 0 Å². The molecule has 3 heteroatoms. The second kappa shape index (κ2) is 5.40. The van der Waals surface area contributed by atoms with E-state index in [1.54, 1.807) is 0 Å². The molecule has 0 bridgehead atoms. The summed E-state index contributed by atoms with van der Waals surface area (Å²) in [4.78, 5) is 0. The number of rotatable bonds is 1. The number of halogens is 1. The van der Waals surface area contributed by atoms with Crippen LogP contribution in [-0.2, 0) is 0 Å². The van der Waals surface area contributed by atoms with E-state index >= 15 is 0 Å². The summed E-state index contributed by atoms with van der Waals surface area (Å²) in [6, 6.07) is 32.7. The second-order valence-electron chi connectivity index (χ2n) is 7.58. The number of hydrogen-bond donors (Lipinski definition) is 0. The van der Waals surface area contributed by atoms with E-state index in [-0.39, 0.29) is 0 Å². The van der Waals surface area contributed by atoms with Crippen molar-refractivity contribution in [3.05, 3.63) is 95.5 Å². The lowest BCUT2D eigenvalue weighted by atomic mass is 10.1. The number of fused-ring (bicyclic) bond motifs is 8. The van der Waals surface area contributed by atoms with Crippen LogP contribution in [0.3, 0.4) is 0 Å². The molecule has 7 rings (SSSR count). The Morgan fingerprint density at radius 3 is 2.17 bits per heavy atom. The van der Waals surface area contributed by atoms with Crippen molar-refractivity contribution in [3.63, 3.8) is 0 Å². The molecule has 4 heterocycles. The van der Waals surface area contributed by atoms with Gasteiger partial charge in [-0.15, -0.1) is 0 Å². The summed E-state index contributed by atoms with van der Waals surface area (Å²) in [5.74, 6) is 0. The molecule has 7 aromatic rings. The van der Waals surface area contributed by atoms with Gasteiger partial charge in [-0.3, -0.25) is 0 Å². The van der Waals surface area contributed by atoms with Gasteiger partial charge in [-0.2, -0.15) is 0 Å². The van der Waals surface area contributed by atoms with Gasteiger partial charge in [0.1, 0.15) is 0 Å². The molecule has 0 radical (unpaired) electrons. The van der Waals surface area contributed by atoms with Crippen molar-refractivity contribution in [1.82, 2.24) is 8.97 Å². The van der Waals surface area contributed by atoms with E-state index in [0.717, 1.165) is 4.47 Å². The molecule has 0 atom stereocenters. The van der Waals surface area contributed by atoms with Gasteiger partial charge in [0.15, 0.2) is 0 Å². The van der Waals surface area contributed by atoms with E-state index in [0.29, 0.717) is 0 Å². The maximum absolute atomic E-state index is 3.69. The first-order chi connectivity index (χ1) is 14.3. The first-order valence-electron chi connectivity index (χ1n) is 9.75. The molecule has 0 fully saturated rings. The molecule has 29 heavy (non-hydrogen) atoms. The zero-order chi connectivity index (χ0) is 19.1. The molecule has 0 saturated heterocycles. The van der Waals surface area contributed by atoms with Crippen molar-refractivity contribution < 1.29 is 0 Å². The fourth-order valence-electron chi connectivity index (χ4n) is 5.01. The monoisotopic (exact) mass is 434 g/mol. The van der Waals surface area contributed by atoms with Gasteiger partial charge in [-0.25, -0.2) is 0 Å². The van der Waals surface area contributed by atoms with Gasteiger partial charge in [0.05, 0.1) is 27.6 Å². The van der Waals surface area contributed by atoms with E-state index in [9.17, 15) is 0 Å². The molecule has 0 unspecified atom stereocenters. The number of hydrogen-bond acceptors (Lipinski definition) is 0. The van der Waals surface area contributed by atoms with Crippen LogP contribution in [0.5, 0.6) is 0 Å². The maximum Gasteiger partial charge on any atom is 0.0810 e. The second-order valence-corrected chi connectivity index (χ2v) is 8.50. The fraction of sp³-hybridized carbons (Fsp3) is 0. The van der Waals surface area contributed by atoms with Gasteiger partial charge < -0.3 is 8.97 Å². The molecule has 4 aromatic heterocycles. The minimum atomic E-state index is 1.10. The Hall–Kier alpha value is -3.30. The molecule has 3 aromatic carbocycles. The largest absolute Gasteiger partial charge is 0.307 e. The average molecular weight is 435 g/mol. The van der Waals surface area contributed by atoms with Crippen LogP contribution in [0.2, 0.25) is 0 Å². The highest BCUT2D eigenvalue weighted by atomic mass is 79.9. The SMILES string of the molecule is Brc1ccc2c(c1)c1c(c3c4ccccc4c4cccc1n43)n2-c1ccccc1. The summed E-state index contributed by atoms with van der Waals surface area (Å²) >= 11 is 3.69. The number of benzene rings is 3. The lowest BCUT2D eigenvalue weighted by Crippen LogP contribution is -1.93. The van der Waals surface area contributed by atoms with E-state index in [1.807, 2.05) is 0 Å². The third-order valence-electron chi connectivity index (χ3n) is 6.10. The lowest BCUT2D eigenvalue weighted by molar-refractivity contribution is 1.18. The normalized spacial score (nSPS) is 12.3. The van der Waals surface area contributed by atoms with Crippen LogP contribution in [0.25, 0.3) is 54.8 Å². The number of para-hydroxylation sites is 1. The predicted molar refractivity (Wildman–Crippen MR) is 126 cm³/mol. The van der Waals surface area contributed by atoms with Gasteiger partial charge in [0, 0.05) is 31.7 Å². The van der Waals surface area contributed by atoms with Crippen LogP contribution in [0.4, 0.5) is 0 Å². The zero-order valence-electron chi connectivity index (χ0n) is 15.4. The van der Waals surface area contributed by atoms with E-state index < -0.39 is 0 Å². The maximum atomic E-state index is 3.69. The fourth-order valence-corrected chi connectivity index (χ4v) is 5.38. The topological polar surface area (TPSA) is 9.34 Å². The van der Waals surface area contributed by atoms with E-state index in [4.69, 9.17) is 0 Å². The van der Waals surface area contributed by atoms with E-state index in [2.05, 4.69) is 116 Å². The smallest absolute Gasteiger partial charge is 0.0810 e. The van der Waals surface area contributed by atoms with Crippen LogP contribution in [0, 0.1) is 0 Å². The molecule has 0 aliphatic rings. The Bertz CT molecular complexity index is 1700. The number of aromatic nitrogens is 2. The molecular formula is C26H15BrN2. The van der Waals surface area contributed by atoms with Crippen LogP contribution in [0.15, 0.2) is 95.5 Å².